The van der Waals surface area contributed by atoms with Crippen molar-refractivity contribution < 1.29 is 58.3 Å². The highest BCUT2D eigenvalue weighted by atomic mass is 31.2. The molecule has 0 aromatic heterocycles. The van der Waals surface area contributed by atoms with Crippen LogP contribution in [0.5, 0.6) is 0 Å². The minimum absolute atomic E-state index is 0.0758. The Hall–Kier alpha value is -0.920. The minimum Gasteiger partial charge on any atom is -0.457 e. The number of aliphatic hydroxyl groups excluding tert-OH is 5. The van der Waals surface area contributed by atoms with E-state index in [4.69, 9.17) is 18.5 Å². The summed E-state index contributed by atoms with van der Waals surface area (Å²) in [6.45, 7) is 4.24. The zero-order valence-electron chi connectivity index (χ0n) is 34.5. The summed E-state index contributed by atoms with van der Waals surface area (Å²) in [6, 6.07) is 0. The average Bonchev–Trinajstić information content (AvgIpc) is 3.17. The summed E-state index contributed by atoms with van der Waals surface area (Å²) in [5.74, 6) is -0.478. The number of rotatable bonds is 37. The zero-order valence-corrected chi connectivity index (χ0v) is 35.4. The first-order chi connectivity index (χ1) is 26.5. The summed E-state index contributed by atoms with van der Waals surface area (Å²) in [6.07, 6.45) is 22.8. The van der Waals surface area contributed by atoms with Crippen LogP contribution in [-0.4, -0.2) is 98.9 Å². The van der Waals surface area contributed by atoms with Gasteiger partial charge in [-0.05, 0) is 38.5 Å². The Morgan fingerprint density at radius 1 is 0.564 bits per heavy atom. The van der Waals surface area contributed by atoms with E-state index in [9.17, 15) is 39.8 Å². The lowest BCUT2D eigenvalue weighted by Crippen LogP contribution is -2.64. The summed E-state index contributed by atoms with van der Waals surface area (Å²) in [5.41, 5.74) is 0. The second-order valence-electron chi connectivity index (χ2n) is 15.6. The molecule has 0 bridgehead atoms. The number of aliphatic hydroxyl groups is 5. The van der Waals surface area contributed by atoms with Crippen LogP contribution in [0.25, 0.3) is 0 Å². The van der Waals surface area contributed by atoms with E-state index in [1.165, 1.54) is 109 Å². The zero-order chi connectivity index (χ0) is 40.6. The summed E-state index contributed by atoms with van der Waals surface area (Å²) < 4.78 is 34.1. The summed E-state index contributed by atoms with van der Waals surface area (Å²) in [5, 5.41) is 50.1. The number of esters is 1. The molecule has 6 unspecified atom stereocenters. The lowest BCUT2D eigenvalue weighted by atomic mass is 9.85. The number of allylic oxidation sites excluding steroid dienone is 2. The van der Waals surface area contributed by atoms with Gasteiger partial charge in [0.2, 0.25) is 0 Å². The molecular weight excluding hydrogens is 727 g/mol. The molecule has 6 atom stereocenters. The fourth-order valence-electron chi connectivity index (χ4n) is 6.82. The number of phosphoric ester groups is 1. The number of hydrogen-bond acceptors (Lipinski definition) is 11. The van der Waals surface area contributed by atoms with Crippen molar-refractivity contribution in [1.82, 2.24) is 0 Å². The smallest absolute Gasteiger partial charge is 0.457 e. The first-order valence-electron chi connectivity index (χ1n) is 22.0. The van der Waals surface area contributed by atoms with Crippen molar-refractivity contribution in [3.05, 3.63) is 12.2 Å². The number of hydrogen-bond donors (Lipinski definition) is 6. The van der Waals surface area contributed by atoms with Crippen LogP contribution in [0.2, 0.25) is 0 Å². The van der Waals surface area contributed by atoms with Gasteiger partial charge in [-0.15, -0.1) is 0 Å². The average molecular weight is 809 g/mol. The molecule has 1 aliphatic rings. The molecule has 6 N–H and O–H groups in total. The highest BCUT2D eigenvalue weighted by molar-refractivity contribution is 7.47. The molecule has 0 aromatic carbocycles. The third kappa shape index (κ3) is 26.7. The molecule has 0 aliphatic heterocycles. The standard InChI is InChI=1S/C42H81O12P/c1-3-5-7-9-11-13-15-17-18-19-20-22-24-26-28-30-32-51-33-35(53-36(43)31-29-27-25-23-21-16-14-12-10-8-6-4-2)34-52-55(49,50)54-42-40(47)38(45)37(44)39(46)41(42)48/h17-18,35,37-42,44-48H,3-16,19-34H2,1-2H3,(H,49,50)/b18-17-. The van der Waals surface area contributed by atoms with E-state index >= 15 is 0 Å². The Balaban J connectivity index is 2.41. The maximum Gasteiger partial charge on any atom is 0.472 e. The van der Waals surface area contributed by atoms with Crippen LogP contribution >= 0.6 is 7.82 Å². The van der Waals surface area contributed by atoms with Crippen molar-refractivity contribution in [3.63, 3.8) is 0 Å². The molecule has 1 saturated carbocycles. The molecule has 0 saturated heterocycles. The number of phosphoric acid groups is 1. The molecule has 0 radical (unpaired) electrons. The molecule has 13 heteroatoms. The highest BCUT2D eigenvalue weighted by Crippen LogP contribution is 2.47. The first kappa shape index (κ1) is 52.1. The van der Waals surface area contributed by atoms with Gasteiger partial charge in [0.1, 0.15) is 42.7 Å². The Morgan fingerprint density at radius 3 is 1.44 bits per heavy atom. The SMILES string of the molecule is CCCCCCCC/C=C\CCCCCCCCOCC(COP(=O)(O)OC1C(O)C(O)C(O)C(O)C1O)OC(=O)CCCCCCCCCCCCCC. The Morgan fingerprint density at radius 2 is 0.964 bits per heavy atom. The van der Waals surface area contributed by atoms with Crippen LogP contribution < -0.4 is 0 Å². The maximum absolute atomic E-state index is 12.8. The Bertz CT molecular complexity index is 968. The molecule has 0 spiro atoms. The molecule has 0 aromatic rings. The molecular formula is C42H81O12P. The van der Waals surface area contributed by atoms with Crippen LogP contribution in [-0.2, 0) is 27.9 Å². The van der Waals surface area contributed by atoms with Crippen LogP contribution in [0.15, 0.2) is 12.2 Å². The number of ether oxygens (including phenoxy) is 2. The van der Waals surface area contributed by atoms with Gasteiger partial charge in [0.15, 0.2) is 0 Å². The lowest BCUT2D eigenvalue weighted by molar-refractivity contribution is -0.220. The maximum atomic E-state index is 12.8. The molecule has 326 valence electrons. The second kappa shape index (κ2) is 34.0. The summed E-state index contributed by atoms with van der Waals surface area (Å²) in [7, 11) is -5.01. The summed E-state index contributed by atoms with van der Waals surface area (Å²) in [4.78, 5) is 23.1. The van der Waals surface area contributed by atoms with Gasteiger partial charge in [-0.3, -0.25) is 13.8 Å². The number of carbonyl (C=O) groups is 1. The van der Waals surface area contributed by atoms with Gasteiger partial charge in [0.05, 0.1) is 13.2 Å². The predicted octanol–water partition coefficient (Wildman–Crippen LogP) is 8.36. The van der Waals surface area contributed by atoms with E-state index in [0.29, 0.717) is 13.0 Å². The largest absolute Gasteiger partial charge is 0.472 e. The van der Waals surface area contributed by atoms with E-state index in [-0.39, 0.29) is 13.0 Å². The molecule has 55 heavy (non-hydrogen) atoms. The van der Waals surface area contributed by atoms with Crippen LogP contribution in [0.4, 0.5) is 0 Å². The van der Waals surface area contributed by atoms with Crippen molar-refractivity contribution in [2.45, 2.75) is 230 Å². The monoisotopic (exact) mass is 809 g/mol. The Kier molecular flexibility index (Phi) is 32.2. The van der Waals surface area contributed by atoms with Gasteiger partial charge in [-0.1, -0.05) is 154 Å². The Labute approximate surface area is 333 Å². The van der Waals surface area contributed by atoms with Crippen molar-refractivity contribution in [1.29, 1.82) is 0 Å². The van der Waals surface area contributed by atoms with Crippen molar-refractivity contribution in [2.75, 3.05) is 19.8 Å². The number of carbonyl (C=O) groups excluding carboxylic acids is 1. The topological polar surface area (TPSA) is 192 Å². The van der Waals surface area contributed by atoms with Gasteiger partial charge in [0, 0.05) is 13.0 Å². The fraction of sp³-hybridized carbons (Fsp3) is 0.929. The summed E-state index contributed by atoms with van der Waals surface area (Å²) >= 11 is 0. The van der Waals surface area contributed by atoms with E-state index in [0.717, 1.165) is 51.4 Å². The van der Waals surface area contributed by atoms with Crippen molar-refractivity contribution in [3.8, 4) is 0 Å². The van der Waals surface area contributed by atoms with E-state index in [2.05, 4.69) is 26.0 Å². The molecule has 1 fully saturated rings. The quantitative estimate of drug-likeness (QED) is 0.0152. The third-order valence-electron chi connectivity index (χ3n) is 10.4. The third-order valence-corrected chi connectivity index (χ3v) is 11.4. The highest BCUT2D eigenvalue weighted by Gasteiger charge is 2.51. The fourth-order valence-corrected chi connectivity index (χ4v) is 7.79. The van der Waals surface area contributed by atoms with Gasteiger partial charge in [0.25, 0.3) is 0 Å². The van der Waals surface area contributed by atoms with Crippen LogP contribution in [0, 0.1) is 0 Å². The molecule has 0 amide bonds. The molecule has 1 rings (SSSR count). The van der Waals surface area contributed by atoms with E-state index in [1.807, 2.05) is 0 Å². The van der Waals surface area contributed by atoms with Gasteiger partial charge in [-0.25, -0.2) is 4.57 Å². The van der Waals surface area contributed by atoms with Crippen molar-refractivity contribution >= 4 is 13.8 Å². The minimum atomic E-state index is -5.01. The van der Waals surface area contributed by atoms with Crippen LogP contribution in [0.3, 0.4) is 0 Å². The molecule has 0 heterocycles. The number of unbranched alkanes of at least 4 members (excludes halogenated alkanes) is 23. The molecule has 12 nitrogen and oxygen atoms in total. The predicted molar refractivity (Wildman–Crippen MR) is 217 cm³/mol. The normalized spacial score (nSPS) is 23.3. The second-order valence-corrected chi connectivity index (χ2v) is 17.0. The van der Waals surface area contributed by atoms with E-state index in [1.54, 1.807) is 0 Å². The van der Waals surface area contributed by atoms with Crippen LogP contribution in [0.1, 0.15) is 187 Å². The van der Waals surface area contributed by atoms with Gasteiger partial charge in [-0.2, -0.15) is 0 Å². The lowest BCUT2D eigenvalue weighted by Gasteiger charge is -2.41. The van der Waals surface area contributed by atoms with Crippen molar-refractivity contribution in [2.24, 2.45) is 0 Å². The van der Waals surface area contributed by atoms with E-state index < -0.39 is 63.1 Å². The first-order valence-corrected chi connectivity index (χ1v) is 23.5. The van der Waals surface area contributed by atoms with Gasteiger partial charge >= 0.3 is 13.8 Å². The van der Waals surface area contributed by atoms with Gasteiger partial charge < -0.3 is 39.9 Å². The molecule has 1 aliphatic carbocycles.